The molecule has 0 atom stereocenters. The van der Waals surface area contributed by atoms with Crippen molar-refractivity contribution >= 4 is 10.8 Å². The van der Waals surface area contributed by atoms with E-state index in [-0.39, 0.29) is 63.0 Å². The summed E-state index contributed by atoms with van der Waals surface area (Å²) in [5.41, 5.74) is 5.12. The molecule has 0 unspecified atom stereocenters. The summed E-state index contributed by atoms with van der Waals surface area (Å²) in [6, 6.07) is 19.4. The molecule has 1 aliphatic carbocycles. The third-order valence-electron chi connectivity index (χ3n) is 4.46. The van der Waals surface area contributed by atoms with E-state index in [0.717, 1.165) is 6.42 Å². The van der Waals surface area contributed by atoms with Crippen molar-refractivity contribution in [1.82, 2.24) is 0 Å². The Morgan fingerprint density at radius 1 is 0.926 bits per heavy atom. The molecule has 1 heteroatoms. The first kappa shape index (κ1) is 33.6. The van der Waals surface area contributed by atoms with Gasteiger partial charge in [0.1, 0.15) is 0 Å². The van der Waals surface area contributed by atoms with Gasteiger partial charge in [0, 0.05) is 25.8 Å². The number of benzene rings is 1. The van der Waals surface area contributed by atoms with E-state index in [4.69, 9.17) is 0 Å². The molecule has 0 aliphatic heterocycles. The summed E-state index contributed by atoms with van der Waals surface area (Å²) >= 11 is 0. The van der Waals surface area contributed by atoms with Gasteiger partial charge < -0.3 is 37.1 Å². The molecule has 0 amide bonds. The molecular weight excluding hydrogens is 491 g/mol. The zero-order valence-electron chi connectivity index (χ0n) is 18.8. The number of aryl methyl sites for hydroxylation is 1. The van der Waals surface area contributed by atoms with Crippen molar-refractivity contribution in [3.05, 3.63) is 108 Å². The van der Waals surface area contributed by atoms with Crippen LogP contribution in [0.1, 0.15) is 37.5 Å². The molecule has 0 aromatic heterocycles. The summed E-state index contributed by atoms with van der Waals surface area (Å²) in [6.45, 7) is 6.99. The minimum absolute atomic E-state index is 0. The van der Waals surface area contributed by atoms with E-state index in [1.54, 1.807) is 11.1 Å². The maximum absolute atomic E-state index is 2.44. The molecule has 0 radical (unpaired) electrons. The van der Waals surface area contributed by atoms with Crippen LogP contribution >= 0.6 is 0 Å². The Hall–Kier alpha value is -0.950. The van der Waals surface area contributed by atoms with Gasteiger partial charge in [-0.3, -0.25) is 0 Å². The van der Waals surface area contributed by atoms with Crippen LogP contribution in [0, 0.1) is 42.5 Å². The molecule has 0 fully saturated rings. The number of hydrogen-bond donors (Lipinski definition) is 0. The van der Waals surface area contributed by atoms with Crippen molar-refractivity contribution in [2.24, 2.45) is 5.41 Å². The quantitative estimate of drug-likeness (QED) is 0.222. The van der Waals surface area contributed by atoms with Crippen LogP contribution < -0.4 is 0 Å². The van der Waals surface area contributed by atoms with Crippen molar-refractivity contribution in [2.75, 3.05) is 0 Å². The monoisotopic (exact) mass is 531 g/mol. The Morgan fingerprint density at radius 2 is 1.44 bits per heavy atom. The second-order valence-electron chi connectivity index (χ2n) is 6.90. The first-order chi connectivity index (χ1) is 10.1. The summed E-state index contributed by atoms with van der Waals surface area (Å²) in [4.78, 5) is 0. The minimum Gasteiger partial charge on any atom is -0.358 e. The van der Waals surface area contributed by atoms with Crippen LogP contribution in [0.15, 0.2) is 54.6 Å². The molecule has 0 bridgehead atoms. The predicted molar refractivity (Wildman–Crippen MR) is 124 cm³/mol. The Morgan fingerprint density at radius 3 is 1.89 bits per heavy atom. The predicted octanol–water partition coefficient (Wildman–Crippen LogP) is 7.90. The van der Waals surface area contributed by atoms with Crippen LogP contribution in [0.5, 0.6) is 0 Å². The van der Waals surface area contributed by atoms with E-state index in [9.17, 15) is 0 Å². The van der Waals surface area contributed by atoms with E-state index in [1.165, 1.54) is 29.2 Å². The molecule has 3 aromatic carbocycles. The number of fused-ring (bicyclic) bond motifs is 2. The van der Waals surface area contributed by atoms with Gasteiger partial charge in [-0.25, -0.2) is 12.1 Å². The maximum atomic E-state index is 2.44. The largest absolute Gasteiger partial charge is 0.358 e. The molecular formula is C26H39Hf-7. The van der Waals surface area contributed by atoms with Crippen LogP contribution in [0.3, 0.4) is 0 Å². The van der Waals surface area contributed by atoms with Crippen molar-refractivity contribution in [3.63, 3.8) is 0 Å². The second kappa shape index (κ2) is 14.1. The van der Waals surface area contributed by atoms with Crippen molar-refractivity contribution < 1.29 is 25.8 Å². The molecule has 1 aliphatic rings. The molecule has 27 heavy (non-hydrogen) atoms. The third kappa shape index (κ3) is 7.90. The van der Waals surface area contributed by atoms with Gasteiger partial charge in [0.25, 0.3) is 0 Å². The van der Waals surface area contributed by atoms with Crippen LogP contribution in [0.25, 0.3) is 10.8 Å². The van der Waals surface area contributed by atoms with E-state index in [2.05, 4.69) is 45.0 Å². The Kier molecular flexibility index (Phi) is 17.6. The van der Waals surface area contributed by atoms with Gasteiger partial charge in [0.15, 0.2) is 0 Å². The maximum Gasteiger partial charge on any atom is 0 e. The molecule has 0 spiro atoms. The molecule has 4 rings (SSSR count). The fourth-order valence-electron chi connectivity index (χ4n) is 3.46. The summed E-state index contributed by atoms with van der Waals surface area (Å²) < 4.78 is 0. The fraction of sp³-hybridized carbons (Fsp3) is 0.269. The van der Waals surface area contributed by atoms with E-state index >= 15 is 0 Å². The molecule has 0 nitrogen and oxygen atoms in total. The standard InChI is InChI=1S/C16H19.C5H5.5CH3.Hf/c1-4-11-5-6-12-7-13-9-16(2,3)10-14(13)8-15(11)12;1-2-4-5-3-1;;;;;;/h5-8H,4,9-10H2,1-3H3;1-5H;5*1H3;/q7*-1;. The van der Waals surface area contributed by atoms with E-state index in [0.29, 0.717) is 5.41 Å². The molecule has 154 valence electrons. The van der Waals surface area contributed by atoms with E-state index < -0.39 is 0 Å². The Balaban J connectivity index is -0.000000214. The molecule has 0 N–H and O–H groups in total. The minimum atomic E-state index is 0. The summed E-state index contributed by atoms with van der Waals surface area (Å²) in [7, 11) is 0. The van der Waals surface area contributed by atoms with Gasteiger partial charge in [0.05, 0.1) is 0 Å². The number of hydrogen-bond acceptors (Lipinski definition) is 0. The zero-order chi connectivity index (χ0) is 14.9. The van der Waals surface area contributed by atoms with Gasteiger partial charge in [-0.1, -0.05) is 38.3 Å². The fourth-order valence-corrected chi connectivity index (χ4v) is 3.46. The number of rotatable bonds is 1. The SMILES string of the molecule is CC[c-]1ccc2cc3c(cc21)CC(C)(C)C3.[CH3-].[CH3-].[CH3-].[CH3-].[CH3-].[Hf].c1cc[cH-]c1. The molecule has 0 heterocycles. The first-order valence-corrected chi connectivity index (χ1v) is 7.96. The summed E-state index contributed by atoms with van der Waals surface area (Å²) in [6.07, 6.45) is 3.63. The van der Waals surface area contributed by atoms with Gasteiger partial charge in [-0.2, -0.15) is 24.3 Å². The smallest absolute Gasteiger partial charge is 0 e. The summed E-state index contributed by atoms with van der Waals surface area (Å²) in [5, 5.41) is 2.92. The van der Waals surface area contributed by atoms with E-state index in [1.807, 2.05) is 30.3 Å². The summed E-state index contributed by atoms with van der Waals surface area (Å²) in [5.74, 6) is 0. The molecule has 0 saturated carbocycles. The van der Waals surface area contributed by atoms with Gasteiger partial charge in [-0.05, 0) is 18.3 Å². The average Bonchev–Trinajstić information content (AvgIpc) is 3.14. The average molecular weight is 530 g/mol. The van der Waals surface area contributed by atoms with Crippen molar-refractivity contribution in [3.8, 4) is 0 Å². The first-order valence-electron chi connectivity index (χ1n) is 7.96. The van der Waals surface area contributed by atoms with Crippen LogP contribution in [-0.4, -0.2) is 0 Å². The second-order valence-corrected chi connectivity index (χ2v) is 6.90. The third-order valence-corrected chi connectivity index (χ3v) is 4.46. The van der Waals surface area contributed by atoms with Crippen LogP contribution in [0.2, 0.25) is 0 Å². The normalized spacial score (nSPS) is 12.1. The topological polar surface area (TPSA) is 0 Å². The Labute approximate surface area is 189 Å². The van der Waals surface area contributed by atoms with Crippen LogP contribution in [0.4, 0.5) is 0 Å². The van der Waals surface area contributed by atoms with Crippen LogP contribution in [-0.2, 0) is 45.1 Å². The van der Waals surface area contributed by atoms with Gasteiger partial charge in [0.2, 0.25) is 0 Å². The Bertz CT molecular complexity index is 697. The van der Waals surface area contributed by atoms with Crippen molar-refractivity contribution in [2.45, 2.75) is 40.0 Å². The van der Waals surface area contributed by atoms with Gasteiger partial charge >= 0.3 is 0 Å². The van der Waals surface area contributed by atoms with Gasteiger partial charge in [-0.15, -0.1) is 34.5 Å². The zero-order valence-corrected chi connectivity index (χ0v) is 22.4. The molecule has 3 aromatic rings. The van der Waals surface area contributed by atoms with Crippen molar-refractivity contribution in [1.29, 1.82) is 0 Å². The molecule has 0 saturated heterocycles.